The highest BCUT2D eigenvalue weighted by atomic mass is 28.3. The summed E-state index contributed by atoms with van der Waals surface area (Å²) >= 11 is 0. The molecule has 0 aliphatic heterocycles. The van der Waals surface area contributed by atoms with Crippen molar-refractivity contribution in [1.29, 1.82) is 0 Å². The molecule has 6 rings (SSSR count). The summed E-state index contributed by atoms with van der Waals surface area (Å²) in [7, 11) is -1.90. The maximum atomic E-state index is 2.56. The highest BCUT2D eigenvalue weighted by Gasteiger charge is 2.44. The van der Waals surface area contributed by atoms with Crippen molar-refractivity contribution in [2.75, 3.05) is 0 Å². The first-order valence-electron chi connectivity index (χ1n) is 12.3. The SMILES string of the molecule is CC1=C([Si](C)(C)C2=CC=C3C(c4ccccc4)=CC=CC32)C2C=CC=C(c3ccccc3)C2=C1. The Bertz CT molecular complexity index is 1400. The van der Waals surface area contributed by atoms with Gasteiger partial charge in [0.2, 0.25) is 0 Å². The van der Waals surface area contributed by atoms with Gasteiger partial charge in [-0.3, -0.25) is 0 Å². The summed E-state index contributed by atoms with van der Waals surface area (Å²) in [4.78, 5) is 0. The number of fused-ring (bicyclic) bond motifs is 2. The summed E-state index contributed by atoms with van der Waals surface area (Å²) in [5.74, 6) is 0.784. The quantitative estimate of drug-likeness (QED) is 0.407. The van der Waals surface area contributed by atoms with Gasteiger partial charge in [-0.2, -0.15) is 0 Å². The second kappa shape index (κ2) is 8.11. The van der Waals surface area contributed by atoms with Crippen LogP contribution in [0.1, 0.15) is 18.1 Å². The minimum absolute atomic E-state index is 0.392. The van der Waals surface area contributed by atoms with Crippen LogP contribution in [-0.2, 0) is 0 Å². The molecule has 2 atom stereocenters. The Morgan fingerprint density at radius 1 is 0.618 bits per heavy atom. The van der Waals surface area contributed by atoms with Crippen molar-refractivity contribution >= 4 is 19.2 Å². The summed E-state index contributed by atoms with van der Waals surface area (Å²) in [5, 5.41) is 3.30. The highest BCUT2D eigenvalue weighted by molar-refractivity contribution is 6.91. The maximum absolute atomic E-state index is 2.56. The molecule has 0 fully saturated rings. The molecule has 1 heteroatoms. The van der Waals surface area contributed by atoms with Crippen LogP contribution < -0.4 is 0 Å². The molecule has 0 aromatic heterocycles. The monoisotopic (exact) mass is 454 g/mol. The summed E-state index contributed by atoms with van der Waals surface area (Å²) < 4.78 is 0. The summed E-state index contributed by atoms with van der Waals surface area (Å²) in [6, 6.07) is 21.7. The van der Waals surface area contributed by atoms with Crippen LogP contribution >= 0.6 is 0 Å². The molecule has 2 aromatic rings. The molecule has 0 N–H and O–H groups in total. The van der Waals surface area contributed by atoms with Gasteiger partial charge in [0.05, 0.1) is 0 Å². The van der Waals surface area contributed by atoms with Gasteiger partial charge in [-0.05, 0) is 40.3 Å². The molecule has 0 spiro atoms. The van der Waals surface area contributed by atoms with Gasteiger partial charge in [0.25, 0.3) is 0 Å². The van der Waals surface area contributed by atoms with Crippen molar-refractivity contribution in [1.82, 2.24) is 0 Å². The van der Waals surface area contributed by atoms with Gasteiger partial charge < -0.3 is 0 Å². The Hall–Kier alpha value is -3.42. The van der Waals surface area contributed by atoms with Gasteiger partial charge >= 0.3 is 0 Å². The van der Waals surface area contributed by atoms with Gasteiger partial charge in [0.15, 0.2) is 0 Å². The molecule has 166 valence electrons. The Balaban J connectivity index is 1.32. The van der Waals surface area contributed by atoms with Crippen LogP contribution in [0.15, 0.2) is 142 Å². The van der Waals surface area contributed by atoms with Crippen molar-refractivity contribution < 1.29 is 0 Å². The third-order valence-electron chi connectivity index (χ3n) is 7.88. The first-order chi connectivity index (χ1) is 16.6. The van der Waals surface area contributed by atoms with E-state index in [1.54, 1.807) is 10.4 Å². The average Bonchev–Trinajstić information content (AvgIpc) is 3.46. The molecule has 0 heterocycles. The van der Waals surface area contributed by atoms with E-state index >= 15 is 0 Å². The molecule has 0 bridgehead atoms. The zero-order chi connectivity index (χ0) is 23.3. The van der Waals surface area contributed by atoms with Crippen LogP contribution in [0.4, 0.5) is 0 Å². The summed E-state index contributed by atoms with van der Waals surface area (Å²) in [6.07, 6.45) is 21.3. The lowest BCUT2D eigenvalue weighted by Crippen LogP contribution is -2.38. The largest absolute Gasteiger partial charge is 0.105 e. The van der Waals surface area contributed by atoms with Crippen molar-refractivity contribution in [3.05, 3.63) is 154 Å². The molecular formula is C33H30Si. The minimum Gasteiger partial charge on any atom is -0.0733 e. The number of rotatable bonds is 4. The predicted molar refractivity (Wildman–Crippen MR) is 149 cm³/mol. The fraction of sp³-hybridized carbons (Fsp3) is 0.152. The van der Waals surface area contributed by atoms with Crippen molar-refractivity contribution in [3.63, 3.8) is 0 Å². The summed E-state index contributed by atoms with van der Waals surface area (Å²) in [6.45, 7) is 7.46. The van der Waals surface area contributed by atoms with Crippen LogP contribution in [0.25, 0.3) is 11.1 Å². The van der Waals surface area contributed by atoms with Gasteiger partial charge in [0, 0.05) is 11.8 Å². The van der Waals surface area contributed by atoms with E-state index in [1.807, 2.05) is 0 Å². The van der Waals surface area contributed by atoms with Crippen molar-refractivity contribution in [3.8, 4) is 0 Å². The third kappa shape index (κ3) is 3.27. The van der Waals surface area contributed by atoms with E-state index in [1.165, 1.54) is 39.0 Å². The predicted octanol–water partition coefficient (Wildman–Crippen LogP) is 8.44. The molecule has 4 aliphatic carbocycles. The highest BCUT2D eigenvalue weighted by Crippen LogP contribution is 2.51. The molecule has 0 nitrogen and oxygen atoms in total. The Morgan fingerprint density at radius 2 is 1.18 bits per heavy atom. The molecule has 0 radical (unpaired) electrons. The molecule has 0 saturated heterocycles. The van der Waals surface area contributed by atoms with Gasteiger partial charge in [-0.1, -0.05) is 144 Å². The molecule has 2 unspecified atom stereocenters. The first kappa shape index (κ1) is 21.1. The van der Waals surface area contributed by atoms with Crippen molar-refractivity contribution in [2.45, 2.75) is 20.0 Å². The Morgan fingerprint density at radius 3 is 1.79 bits per heavy atom. The average molecular weight is 455 g/mol. The summed E-state index contributed by atoms with van der Waals surface area (Å²) in [5.41, 5.74) is 9.76. The normalized spacial score (nSPS) is 23.1. The van der Waals surface area contributed by atoms with Crippen molar-refractivity contribution in [2.24, 2.45) is 11.8 Å². The van der Waals surface area contributed by atoms with Crippen LogP contribution in [-0.4, -0.2) is 8.07 Å². The molecule has 0 amide bonds. The van der Waals surface area contributed by atoms with Crippen LogP contribution in [0.5, 0.6) is 0 Å². The van der Waals surface area contributed by atoms with Crippen LogP contribution in [0.2, 0.25) is 13.1 Å². The molecular weight excluding hydrogens is 424 g/mol. The molecule has 34 heavy (non-hydrogen) atoms. The number of allylic oxidation sites excluding steroid dienone is 16. The Labute approximate surface area is 204 Å². The molecule has 2 aromatic carbocycles. The lowest BCUT2D eigenvalue weighted by molar-refractivity contribution is 0.956. The van der Waals surface area contributed by atoms with E-state index in [9.17, 15) is 0 Å². The minimum atomic E-state index is -1.90. The zero-order valence-corrected chi connectivity index (χ0v) is 21.1. The lowest BCUT2D eigenvalue weighted by atomic mass is 9.86. The standard InChI is InChI=1S/C33H30Si/c1-23-22-31-27(25-14-8-5-9-15-25)17-11-19-30(31)33(23)34(2,3)32-21-20-28-26(16-10-18-29(28)32)24-12-6-4-7-13-24/h4-22,29-30H,1-3H3. The zero-order valence-electron chi connectivity index (χ0n) is 20.1. The first-order valence-corrected chi connectivity index (χ1v) is 15.3. The maximum Gasteiger partial charge on any atom is 0.105 e. The van der Waals surface area contributed by atoms with E-state index < -0.39 is 8.07 Å². The second-order valence-electron chi connectivity index (χ2n) is 10.2. The van der Waals surface area contributed by atoms with E-state index in [0.29, 0.717) is 11.8 Å². The van der Waals surface area contributed by atoms with Gasteiger partial charge in [-0.25, -0.2) is 0 Å². The fourth-order valence-corrected chi connectivity index (χ4v) is 10.3. The number of benzene rings is 2. The van der Waals surface area contributed by atoms with Crippen LogP contribution in [0, 0.1) is 11.8 Å². The van der Waals surface area contributed by atoms with Gasteiger partial charge in [0.1, 0.15) is 8.07 Å². The fourth-order valence-electron chi connectivity index (χ4n) is 6.38. The smallest absolute Gasteiger partial charge is 0.0733 e. The topological polar surface area (TPSA) is 0 Å². The van der Waals surface area contributed by atoms with E-state index in [2.05, 4.69) is 135 Å². The third-order valence-corrected chi connectivity index (χ3v) is 11.8. The van der Waals surface area contributed by atoms with Crippen LogP contribution in [0.3, 0.4) is 0 Å². The van der Waals surface area contributed by atoms with Gasteiger partial charge in [-0.15, -0.1) is 0 Å². The van der Waals surface area contributed by atoms with E-state index in [-0.39, 0.29) is 0 Å². The second-order valence-corrected chi connectivity index (χ2v) is 14.5. The molecule has 0 saturated carbocycles. The number of hydrogen-bond acceptors (Lipinski definition) is 0. The number of hydrogen-bond donors (Lipinski definition) is 0. The molecule has 4 aliphatic rings. The lowest BCUT2D eigenvalue weighted by Gasteiger charge is -2.36. The van der Waals surface area contributed by atoms with E-state index in [4.69, 9.17) is 0 Å². The van der Waals surface area contributed by atoms with E-state index in [0.717, 1.165) is 0 Å². The Kier molecular flexibility index (Phi) is 5.04.